The summed E-state index contributed by atoms with van der Waals surface area (Å²) in [5.74, 6) is 0.590. The highest BCUT2D eigenvalue weighted by Gasteiger charge is 2.29. The van der Waals surface area contributed by atoms with Gasteiger partial charge in [0.1, 0.15) is 6.10 Å². The van der Waals surface area contributed by atoms with Crippen LogP contribution in [0.2, 0.25) is 0 Å². The molecule has 0 spiro atoms. The minimum absolute atomic E-state index is 0.174. The van der Waals surface area contributed by atoms with Crippen LogP contribution in [0.15, 0.2) is 0 Å². The van der Waals surface area contributed by atoms with Gasteiger partial charge in [-0.05, 0) is 18.8 Å². The molecule has 1 heterocycles. The van der Waals surface area contributed by atoms with Gasteiger partial charge in [-0.15, -0.1) is 0 Å². The monoisotopic (exact) mass is 470 g/mol. The molecule has 4 atom stereocenters. The first-order valence-corrected chi connectivity index (χ1v) is 14.8. The van der Waals surface area contributed by atoms with E-state index in [4.69, 9.17) is 9.47 Å². The minimum atomic E-state index is -0.774. The quantitative estimate of drug-likeness (QED) is 0.149. The van der Waals surface area contributed by atoms with E-state index < -0.39 is 12.2 Å². The Morgan fingerprint density at radius 3 is 1.48 bits per heavy atom. The Hall–Kier alpha value is -0.160. The van der Waals surface area contributed by atoms with Crippen molar-refractivity contribution in [3.05, 3.63) is 0 Å². The van der Waals surface area contributed by atoms with Crippen LogP contribution < -0.4 is 0 Å². The predicted molar refractivity (Wildman–Crippen MR) is 140 cm³/mol. The lowest BCUT2D eigenvalue weighted by atomic mass is 9.94. The van der Waals surface area contributed by atoms with Crippen LogP contribution in [0.1, 0.15) is 149 Å². The lowest BCUT2D eigenvalue weighted by Gasteiger charge is -2.31. The standard InChI is InChI=1S/C29H58O4/c1-3-5-7-9-11-13-14-16-18-20-22-26(21-19-17-15-12-10-8-6-4-2)24-32-29-23-27(30)28(31)25-33-29/h26-31H,3-25H2,1-2H3/t26?,27-,28+,29-/m1/s1. The van der Waals surface area contributed by atoms with Gasteiger partial charge >= 0.3 is 0 Å². The van der Waals surface area contributed by atoms with Crippen LogP contribution in [0.3, 0.4) is 0 Å². The van der Waals surface area contributed by atoms with Crippen molar-refractivity contribution in [1.82, 2.24) is 0 Å². The third-order valence-corrected chi connectivity index (χ3v) is 7.28. The number of hydrogen-bond donors (Lipinski definition) is 2. The molecule has 33 heavy (non-hydrogen) atoms. The van der Waals surface area contributed by atoms with Crippen LogP contribution in [0.5, 0.6) is 0 Å². The van der Waals surface area contributed by atoms with Gasteiger partial charge in [0.15, 0.2) is 6.29 Å². The summed E-state index contributed by atoms with van der Waals surface area (Å²) in [6, 6.07) is 0. The zero-order valence-corrected chi connectivity index (χ0v) is 22.3. The zero-order valence-electron chi connectivity index (χ0n) is 22.3. The smallest absolute Gasteiger partial charge is 0.160 e. The minimum Gasteiger partial charge on any atom is -0.390 e. The molecule has 4 nitrogen and oxygen atoms in total. The van der Waals surface area contributed by atoms with Crippen LogP contribution in [0.4, 0.5) is 0 Å². The number of unbranched alkanes of at least 4 members (excludes halogenated alkanes) is 16. The van der Waals surface area contributed by atoms with Crippen molar-refractivity contribution in [2.75, 3.05) is 13.2 Å². The maximum absolute atomic E-state index is 9.89. The van der Waals surface area contributed by atoms with Gasteiger partial charge < -0.3 is 19.7 Å². The fourth-order valence-electron chi connectivity index (χ4n) is 4.90. The maximum atomic E-state index is 9.89. The molecule has 198 valence electrons. The van der Waals surface area contributed by atoms with E-state index in [1.54, 1.807) is 0 Å². The van der Waals surface area contributed by atoms with E-state index in [1.165, 1.54) is 128 Å². The van der Waals surface area contributed by atoms with E-state index in [1.807, 2.05) is 0 Å². The van der Waals surface area contributed by atoms with Crippen molar-refractivity contribution in [1.29, 1.82) is 0 Å². The molecule has 1 rings (SSSR count). The number of hydrogen-bond acceptors (Lipinski definition) is 4. The molecule has 0 amide bonds. The second kappa shape index (κ2) is 22.3. The molecule has 0 aliphatic carbocycles. The van der Waals surface area contributed by atoms with Gasteiger partial charge in [-0.1, -0.05) is 129 Å². The predicted octanol–water partition coefficient (Wildman–Crippen LogP) is 7.93. The summed E-state index contributed by atoms with van der Waals surface area (Å²) in [4.78, 5) is 0. The first-order valence-electron chi connectivity index (χ1n) is 14.8. The molecule has 4 heteroatoms. The molecular weight excluding hydrogens is 412 g/mol. The number of rotatable bonds is 23. The van der Waals surface area contributed by atoms with Crippen molar-refractivity contribution in [2.24, 2.45) is 5.92 Å². The number of aliphatic hydroxyl groups is 2. The molecule has 0 bridgehead atoms. The highest BCUT2D eigenvalue weighted by Crippen LogP contribution is 2.23. The lowest BCUT2D eigenvalue weighted by molar-refractivity contribution is -0.220. The molecule has 1 fully saturated rings. The Kier molecular flexibility index (Phi) is 20.9. The topological polar surface area (TPSA) is 58.9 Å². The maximum Gasteiger partial charge on any atom is 0.160 e. The molecule has 0 aromatic rings. The molecule has 0 aromatic carbocycles. The fraction of sp³-hybridized carbons (Fsp3) is 1.00. The number of aliphatic hydroxyl groups excluding tert-OH is 2. The normalized spacial score (nSPS) is 22.0. The molecule has 1 aliphatic heterocycles. The first-order chi connectivity index (χ1) is 16.2. The summed E-state index contributed by atoms with van der Waals surface area (Å²) in [5.41, 5.74) is 0. The van der Waals surface area contributed by atoms with Crippen molar-refractivity contribution < 1.29 is 19.7 Å². The Morgan fingerprint density at radius 2 is 1.06 bits per heavy atom. The first kappa shape index (κ1) is 30.9. The Balaban J connectivity index is 2.18. The molecule has 1 saturated heterocycles. The lowest BCUT2D eigenvalue weighted by Crippen LogP contribution is -2.42. The average molecular weight is 471 g/mol. The summed E-state index contributed by atoms with van der Waals surface area (Å²) in [6.07, 6.45) is 25.7. The molecule has 2 N–H and O–H groups in total. The van der Waals surface area contributed by atoms with Crippen LogP contribution in [0.25, 0.3) is 0 Å². The van der Waals surface area contributed by atoms with Crippen molar-refractivity contribution in [3.63, 3.8) is 0 Å². The molecule has 0 aromatic heterocycles. The molecule has 0 radical (unpaired) electrons. The Labute approximate surface area is 206 Å². The van der Waals surface area contributed by atoms with Gasteiger partial charge in [-0.2, -0.15) is 0 Å². The summed E-state index contributed by atoms with van der Waals surface area (Å²) >= 11 is 0. The molecule has 1 aliphatic rings. The summed E-state index contributed by atoms with van der Waals surface area (Å²) in [6.45, 7) is 5.45. The third kappa shape index (κ3) is 17.9. The highest BCUT2D eigenvalue weighted by atomic mass is 16.7. The molecule has 1 unspecified atom stereocenters. The van der Waals surface area contributed by atoms with Gasteiger partial charge in [0, 0.05) is 6.42 Å². The summed E-state index contributed by atoms with van der Waals surface area (Å²) < 4.78 is 11.6. The van der Waals surface area contributed by atoms with Crippen molar-refractivity contribution in [2.45, 2.75) is 167 Å². The van der Waals surface area contributed by atoms with E-state index in [0.717, 1.165) is 6.61 Å². The van der Waals surface area contributed by atoms with Crippen LogP contribution in [-0.4, -0.2) is 41.9 Å². The van der Waals surface area contributed by atoms with Crippen molar-refractivity contribution in [3.8, 4) is 0 Å². The van der Waals surface area contributed by atoms with Gasteiger partial charge in [0.25, 0.3) is 0 Å². The van der Waals surface area contributed by atoms with Crippen LogP contribution in [0, 0.1) is 5.92 Å². The van der Waals surface area contributed by atoms with Crippen LogP contribution >= 0.6 is 0 Å². The van der Waals surface area contributed by atoms with Crippen molar-refractivity contribution >= 4 is 0 Å². The van der Waals surface area contributed by atoms with E-state index in [2.05, 4.69) is 13.8 Å². The third-order valence-electron chi connectivity index (χ3n) is 7.28. The summed E-state index contributed by atoms with van der Waals surface area (Å²) in [5, 5.41) is 19.5. The van der Waals surface area contributed by atoms with Gasteiger partial charge in [-0.3, -0.25) is 0 Å². The zero-order chi connectivity index (χ0) is 24.0. The van der Waals surface area contributed by atoms with Gasteiger partial charge in [0.2, 0.25) is 0 Å². The highest BCUT2D eigenvalue weighted by molar-refractivity contribution is 4.74. The SMILES string of the molecule is CCCCCCCCCCCCC(CCCCCCCCCC)CO[C@H]1C[C@@H](O)[C@@H](O)CO1. The van der Waals surface area contributed by atoms with E-state index in [0.29, 0.717) is 12.3 Å². The van der Waals surface area contributed by atoms with E-state index in [9.17, 15) is 10.2 Å². The number of ether oxygens (including phenoxy) is 2. The Morgan fingerprint density at radius 1 is 0.636 bits per heavy atom. The second-order valence-electron chi connectivity index (χ2n) is 10.6. The second-order valence-corrected chi connectivity index (χ2v) is 10.6. The van der Waals surface area contributed by atoms with Crippen LogP contribution in [-0.2, 0) is 9.47 Å². The van der Waals surface area contributed by atoms with E-state index in [-0.39, 0.29) is 12.9 Å². The van der Waals surface area contributed by atoms with Gasteiger partial charge in [0.05, 0.1) is 19.3 Å². The average Bonchev–Trinajstić information content (AvgIpc) is 2.82. The van der Waals surface area contributed by atoms with E-state index >= 15 is 0 Å². The summed E-state index contributed by atoms with van der Waals surface area (Å²) in [7, 11) is 0. The molecular formula is C29H58O4. The largest absolute Gasteiger partial charge is 0.390 e. The Bertz CT molecular complexity index is 403. The fourth-order valence-corrected chi connectivity index (χ4v) is 4.90. The molecule has 0 saturated carbocycles. The van der Waals surface area contributed by atoms with Gasteiger partial charge in [-0.25, -0.2) is 0 Å².